The Bertz CT molecular complexity index is 246. The van der Waals surface area contributed by atoms with Gasteiger partial charge in [-0.1, -0.05) is 0 Å². The Kier molecular flexibility index (Phi) is 4.62. The molecule has 0 aliphatic carbocycles. The number of rotatable bonds is 4. The lowest BCUT2D eigenvalue weighted by molar-refractivity contribution is 0.102. The molecular formula is C12H23N3O2. The van der Waals surface area contributed by atoms with E-state index in [2.05, 4.69) is 5.32 Å². The maximum Gasteiger partial charge on any atom is 0.314 e. The summed E-state index contributed by atoms with van der Waals surface area (Å²) < 4.78 is 5.58. The molecule has 0 saturated carbocycles. The van der Waals surface area contributed by atoms with Crippen LogP contribution < -0.4 is 11.1 Å². The second-order valence-corrected chi connectivity index (χ2v) is 4.98. The van der Waals surface area contributed by atoms with Crippen molar-refractivity contribution < 1.29 is 9.53 Å². The van der Waals surface area contributed by atoms with Gasteiger partial charge in [0.15, 0.2) is 0 Å². The first-order chi connectivity index (χ1) is 8.25. The van der Waals surface area contributed by atoms with Crippen molar-refractivity contribution in [2.24, 2.45) is 5.73 Å². The van der Waals surface area contributed by atoms with Crippen molar-refractivity contribution in [1.29, 1.82) is 0 Å². The van der Waals surface area contributed by atoms with Gasteiger partial charge in [-0.05, 0) is 38.6 Å². The molecule has 1 atom stereocenters. The average Bonchev–Trinajstić information content (AvgIpc) is 2.83. The average molecular weight is 241 g/mol. The van der Waals surface area contributed by atoms with Crippen molar-refractivity contribution in [2.45, 2.75) is 44.2 Å². The van der Waals surface area contributed by atoms with Crippen molar-refractivity contribution in [3.63, 3.8) is 0 Å². The molecule has 17 heavy (non-hydrogen) atoms. The molecule has 5 nitrogen and oxygen atoms in total. The van der Waals surface area contributed by atoms with E-state index in [1.54, 1.807) is 4.90 Å². The minimum Gasteiger partial charge on any atom is -0.378 e. The summed E-state index contributed by atoms with van der Waals surface area (Å²) in [6.07, 6.45) is 6.01. The Morgan fingerprint density at radius 1 is 1.35 bits per heavy atom. The van der Waals surface area contributed by atoms with Gasteiger partial charge in [0.05, 0.1) is 6.10 Å². The number of nitrogens with one attached hydrogen (secondary N) is 1. The van der Waals surface area contributed by atoms with Crippen LogP contribution in [0, 0.1) is 0 Å². The fraction of sp³-hybridized carbons (Fsp3) is 0.917. The van der Waals surface area contributed by atoms with Crippen molar-refractivity contribution in [3.05, 3.63) is 0 Å². The highest BCUT2D eigenvalue weighted by Gasteiger charge is 2.21. The van der Waals surface area contributed by atoms with Crippen molar-refractivity contribution in [2.75, 3.05) is 26.2 Å². The first kappa shape index (κ1) is 12.6. The van der Waals surface area contributed by atoms with Crippen molar-refractivity contribution in [1.82, 2.24) is 10.2 Å². The molecule has 0 aromatic heterocycles. The van der Waals surface area contributed by atoms with Crippen LogP contribution >= 0.6 is 0 Å². The summed E-state index contributed by atoms with van der Waals surface area (Å²) in [6, 6.07) is 0.245. The summed E-state index contributed by atoms with van der Waals surface area (Å²) in [5, 5.41) is 3.55. The number of hydrogen-bond donors (Lipinski definition) is 2. The number of urea groups is 1. The molecule has 2 aliphatic rings. The second kappa shape index (κ2) is 6.21. The lowest BCUT2D eigenvalue weighted by Crippen LogP contribution is -2.47. The van der Waals surface area contributed by atoms with E-state index in [0.717, 1.165) is 45.5 Å². The minimum absolute atomic E-state index is 0.289. The zero-order valence-corrected chi connectivity index (χ0v) is 10.4. The molecule has 2 amide bonds. The number of ether oxygens (including phenoxy) is 1. The first-order valence-corrected chi connectivity index (χ1v) is 6.65. The molecule has 0 spiro atoms. The van der Waals surface area contributed by atoms with Gasteiger partial charge in [0.1, 0.15) is 0 Å². The lowest BCUT2D eigenvalue weighted by Gasteiger charge is -2.31. The Balaban J connectivity index is 1.56. The van der Waals surface area contributed by atoms with Crippen LogP contribution in [0.1, 0.15) is 32.1 Å². The number of nitrogens with two attached hydrogens (primary N) is 1. The maximum absolute atomic E-state index is 11.0. The Hall–Kier alpha value is -0.810. The summed E-state index contributed by atoms with van der Waals surface area (Å²) in [5.74, 6) is 0. The molecule has 3 N–H and O–H groups in total. The van der Waals surface area contributed by atoms with Crippen LogP contribution in [-0.4, -0.2) is 49.3 Å². The molecule has 2 saturated heterocycles. The number of hydrogen-bond acceptors (Lipinski definition) is 3. The molecule has 1 unspecified atom stereocenters. The molecule has 0 bridgehead atoms. The fourth-order valence-electron chi connectivity index (χ4n) is 2.62. The second-order valence-electron chi connectivity index (χ2n) is 4.98. The van der Waals surface area contributed by atoms with Gasteiger partial charge in [-0.3, -0.25) is 0 Å². The molecule has 0 radical (unpaired) electrons. The Labute approximate surface area is 103 Å². The van der Waals surface area contributed by atoms with Crippen LogP contribution in [0.3, 0.4) is 0 Å². The zero-order valence-electron chi connectivity index (χ0n) is 10.4. The molecule has 2 heterocycles. The van der Waals surface area contributed by atoms with Crippen LogP contribution in [0.25, 0.3) is 0 Å². The van der Waals surface area contributed by atoms with Crippen molar-refractivity contribution in [3.8, 4) is 0 Å². The van der Waals surface area contributed by atoms with Crippen LogP contribution in [-0.2, 0) is 4.74 Å². The molecule has 5 heteroatoms. The van der Waals surface area contributed by atoms with Crippen LogP contribution in [0.2, 0.25) is 0 Å². The summed E-state index contributed by atoms with van der Waals surface area (Å²) in [7, 11) is 0. The number of likely N-dealkylation sites (tertiary alicyclic amines) is 1. The molecule has 0 aromatic rings. The summed E-state index contributed by atoms with van der Waals surface area (Å²) >= 11 is 0. The number of amides is 2. The Morgan fingerprint density at radius 3 is 2.71 bits per heavy atom. The summed E-state index contributed by atoms with van der Waals surface area (Å²) in [5.41, 5.74) is 5.25. The SMILES string of the molecule is NC(=O)N1CCC(NCCC2CCCO2)CC1. The minimum atomic E-state index is -0.289. The largest absolute Gasteiger partial charge is 0.378 e. The lowest BCUT2D eigenvalue weighted by atomic mass is 10.0. The van der Waals surface area contributed by atoms with Gasteiger partial charge in [-0.15, -0.1) is 0 Å². The highest BCUT2D eigenvalue weighted by molar-refractivity contribution is 5.72. The third-order valence-corrected chi connectivity index (χ3v) is 3.73. The molecule has 0 aromatic carbocycles. The standard InChI is InChI=1S/C12H23N3O2/c13-12(16)15-7-4-10(5-8-15)14-6-3-11-2-1-9-17-11/h10-11,14H,1-9H2,(H2,13,16). The normalized spacial score (nSPS) is 26.4. The van der Waals surface area contributed by atoms with E-state index >= 15 is 0 Å². The van der Waals surface area contributed by atoms with Gasteiger partial charge >= 0.3 is 6.03 Å². The third-order valence-electron chi connectivity index (χ3n) is 3.73. The Morgan fingerprint density at radius 2 is 2.12 bits per heavy atom. The smallest absolute Gasteiger partial charge is 0.314 e. The van der Waals surface area contributed by atoms with Gasteiger partial charge in [0.2, 0.25) is 0 Å². The van der Waals surface area contributed by atoms with E-state index in [9.17, 15) is 4.79 Å². The van der Waals surface area contributed by atoms with Crippen LogP contribution in [0.4, 0.5) is 4.79 Å². The van der Waals surface area contributed by atoms with E-state index in [1.165, 1.54) is 12.8 Å². The maximum atomic E-state index is 11.0. The van der Waals surface area contributed by atoms with E-state index in [-0.39, 0.29) is 6.03 Å². The summed E-state index contributed by atoms with van der Waals surface area (Å²) in [4.78, 5) is 12.7. The highest BCUT2D eigenvalue weighted by Crippen LogP contribution is 2.15. The number of carbonyl (C=O) groups is 1. The van der Waals surface area contributed by atoms with E-state index in [0.29, 0.717) is 12.1 Å². The zero-order chi connectivity index (χ0) is 12.1. The fourth-order valence-corrected chi connectivity index (χ4v) is 2.62. The number of primary amides is 1. The first-order valence-electron chi connectivity index (χ1n) is 6.65. The molecule has 2 rings (SSSR count). The summed E-state index contributed by atoms with van der Waals surface area (Å²) in [6.45, 7) is 3.52. The number of carbonyl (C=O) groups excluding carboxylic acids is 1. The number of piperidine rings is 1. The molecule has 98 valence electrons. The van der Waals surface area contributed by atoms with Crippen LogP contribution in [0.15, 0.2) is 0 Å². The van der Waals surface area contributed by atoms with Crippen molar-refractivity contribution >= 4 is 6.03 Å². The molecule has 2 aliphatic heterocycles. The van der Waals surface area contributed by atoms with E-state index < -0.39 is 0 Å². The number of nitrogens with zero attached hydrogens (tertiary/aromatic N) is 1. The van der Waals surface area contributed by atoms with E-state index in [4.69, 9.17) is 10.5 Å². The monoisotopic (exact) mass is 241 g/mol. The highest BCUT2D eigenvalue weighted by atomic mass is 16.5. The van der Waals surface area contributed by atoms with Crippen LogP contribution in [0.5, 0.6) is 0 Å². The predicted molar refractivity (Wildman–Crippen MR) is 65.8 cm³/mol. The van der Waals surface area contributed by atoms with Gasteiger partial charge < -0.3 is 20.7 Å². The van der Waals surface area contributed by atoms with Gasteiger partial charge in [-0.2, -0.15) is 0 Å². The van der Waals surface area contributed by atoms with E-state index in [1.807, 2.05) is 0 Å². The quantitative estimate of drug-likeness (QED) is 0.761. The van der Waals surface area contributed by atoms with Gasteiger partial charge in [0, 0.05) is 25.7 Å². The molecular weight excluding hydrogens is 218 g/mol. The third kappa shape index (κ3) is 3.85. The predicted octanol–water partition coefficient (Wildman–Crippen LogP) is 0.688. The van der Waals surface area contributed by atoms with Gasteiger partial charge in [0.25, 0.3) is 0 Å². The topological polar surface area (TPSA) is 67.6 Å². The van der Waals surface area contributed by atoms with Gasteiger partial charge in [-0.25, -0.2) is 4.79 Å². The molecule has 2 fully saturated rings.